The maximum atomic E-state index is 12.9. The van der Waals surface area contributed by atoms with Gasteiger partial charge in [-0.2, -0.15) is 0 Å². The Labute approximate surface area is 150 Å². The van der Waals surface area contributed by atoms with Gasteiger partial charge in [0.15, 0.2) is 5.76 Å². The minimum Gasteiger partial charge on any atom is -0.503 e. The van der Waals surface area contributed by atoms with Crippen LogP contribution >= 0.6 is 11.3 Å². The highest BCUT2D eigenvalue weighted by Crippen LogP contribution is 2.38. The second-order valence-electron chi connectivity index (χ2n) is 6.21. The van der Waals surface area contributed by atoms with Crippen LogP contribution in [0, 0.1) is 0 Å². The van der Waals surface area contributed by atoms with Crippen molar-refractivity contribution in [3.8, 4) is 0 Å². The van der Waals surface area contributed by atoms with Gasteiger partial charge >= 0.3 is 0 Å². The van der Waals surface area contributed by atoms with Crippen molar-refractivity contribution in [1.29, 1.82) is 0 Å². The molecule has 25 heavy (non-hydrogen) atoms. The summed E-state index contributed by atoms with van der Waals surface area (Å²) in [6.07, 6.45) is 3.25. The second-order valence-corrected chi connectivity index (χ2v) is 7.16. The number of amides is 1. The number of ketones is 1. The average Bonchev–Trinajstić information content (AvgIpc) is 3.22. The third-order valence-electron chi connectivity index (χ3n) is 4.17. The lowest BCUT2D eigenvalue weighted by atomic mass is 9.96. The predicted molar refractivity (Wildman–Crippen MR) is 94.7 cm³/mol. The molecule has 0 aliphatic carbocycles. The number of pyridine rings is 1. The monoisotopic (exact) mass is 358 g/mol. The Kier molecular flexibility index (Phi) is 4.96. The fourth-order valence-corrected chi connectivity index (χ4v) is 3.57. The molecule has 1 amide bonds. The summed E-state index contributed by atoms with van der Waals surface area (Å²) in [5, 5.41) is 12.2. The van der Waals surface area contributed by atoms with E-state index in [9.17, 15) is 14.7 Å². The molecule has 2 N–H and O–H groups in total. The molecule has 0 radical (unpaired) electrons. The number of aliphatic hydroxyl groups is 1. The van der Waals surface area contributed by atoms with E-state index in [1.165, 1.54) is 16.2 Å². The number of likely N-dealkylation sites (N-methyl/N-ethyl adjacent to an activating group) is 1. The summed E-state index contributed by atoms with van der Waals surface area (Å²) < 4.78 is 0. The third kappa shape index (κ3) is 3.33. The first kappa shape index (κ1) is 17.3. The summed E-state index contributed by atoms with van der Waals surface area (Å²) in [6, 6.07) is 6.43. The third-order valence-corrected chi connectivity index (χ3v) is 5.04. The van der Waals surface area contributed by atoms with E-state index < -0.39 is 17.7 Å². The first-order valence-corrected chi connectivity index (χ1v) is 8.90. The van der Waals surface area contributed by atoms with E-state index in [-0.39, 0.29) is 11.4 Å². The molecular weight excluding hydrogens is 338 g/mol. The van der Waals surface area contributed by atoms with Crippen molar-refractivity contribution in [2.75, 3.05) is 27.2 Å². The molecule has 130 valence electrons. The van der Waals surface area contributed by atoms with E-state index >= 15 is 0 Å². The largest absolute Gasteiger partial charge is 0.503 e. The number of hydrogen-bond donors (Lipinski definition) is 2. The minimum absolute atomic E-state index is 0.146. The van der Waals surface area contributed by atoms with Crippen LogP contribution in [0.4, 0.5) is 0 Å². The van der Waals surface area contributed by atoms with Gasteiger partial charge in [0, 0.05) is 12.4 Å². The van der Waals surface area contributed by atoms with Gasteiger partial charge in [0.1, 0.15) is 0 Å². The molecule has 2 aromatic heterocycles. The summed E-state index contributed by atoms with van der Waals surface area (Å²) in [4.78, 5) is 32.8. The van der Waals surface area contributed by atoms with Gasteiger partial charge in [-0.3, -0.25) is 14.6 Å². The number of aromatic nitrogens is 1. The predicted octanol–water partition coefficient (Wildman–Crippen LogP) is 0.866. The number of thiophene rings is 1. The highest BCUT2D eigenvalue weighted by molar-refractivity contribution is 7.12. The summed E-state index contributed by atoms with van der Waals surface area (Å²) in [6.45, 7) is 1.15. The molecule has 0 fully saturated rings. The van der Waals surface area contributed by atoms with E-state index in [0.29, 0.717) is 18.0 Å². The molecule has 0 saturated heterocycles. The molecule has 0 unspecified atom stereocenters. The van der Waals surface area contributed by atoms with Crippen LogP contribution in [0.25, 0.3) is 0 Å². The lowest BCUT2D eigenvalue weighted by Gasteiger charge is -2.26. The van der Waals surface area contributed by atoms with Crippen molar-refractivity contribution < 1.29 is 19.6 Å². The summed E-state index contributed by atoms with van der Waals surface area (Å²) in [5.74, 6) is -1.25. The van der Waals surface area contributed by atoms with Gasteiger partial charge in [0.05, 0.1) is 43.7 Å². The maximum absolute atomic E-state index is 12.9. The molecule has 0 saturated carbocycles. The van der Waals surface area contributed by atoms with E-state index in [2.05, 4.69) is 4.98 Å². The molecule has 0 bridgehead atoms. The van der Waals surface area contributed by atoms with Gasteiger partial charge in [-0.05, 0) is 29.1 Å². The standard InChI is InChI=1S/C18H19N3O3S/c1-20(2)9-10-21-15(12-5-7-19-8-6-12)14(17(23)18(21)24)16(22)13-4-3-11-25-13/h3-8,11,15,23H,9-10H2,1-2H3/p+1/t15-/m0/s1. The van der Waals surface area contributed by atoms with Gasteiger partial charge in [-0.1, -0.05) is 6.07 Å². The molecule has 1 aliphatic rings. The Hall–Kier alpha value is -2.51. The highest BCUT2D eigenvalue weighted by Gasteiger charge is 2.44. The Morgan fingerprint density at radius 3 is 2.64 bits per heavy atom. The number of quaternary nitrogens is 1. The molecule has 0 aromatic carbocycles. The molecule has 2 aromatic rings. The van der Waals surface area contributed by atoms with E-state index in [1.807, 2.05) is 14.1 Å². The molecule has 0 spiro atoms. The van der Waals surface area contributed by atoms with Crippen LogP contribution in [0.2, 0.25) is 0 Å². The fraction of sp³-hybridized carbons (Fsp3) is 0.278. The number of rotatable bonds is 6. The second kappa shape index (κ2) is 7.16. The lowest BCUT2D eigenvalue weighted by molar-refractivity contribution is -0.857. The van der Waals surface area contributed by atoms with Crippen LogP contribution < -0.4 is 4.90 Å². The number of hydrogen-bond acceptors (Lipinski definition) is 5. The number of carbonyl (C=O) groups is 2. The van der Waals surface area contributed by atoms with Crippen LogP contribution in [-0.2, 0) is 4.79 Å². The Bertz CT molecular complexity index is 800. The van der Waals surface area contributed by atoms with Gasteiger partial charge < -0.3 is 14.9 Å². The average molecular weight is 358 g/mol. The van der Waals surface area contributed by atoms with Gasteiger partial charge in [0.25, 0.3) is 5.91 Å². The Morgan fingerprint density at radius 2 is 2.04 bits per heavy atom. The first-order valence-electron chi connectivity index (χ1n) is 8.02. The zero-order valence-corrected chi connectivity index (χ0v) is 14.9. The van der Waals surface area contributed by atoms with Gasteiger partial charge in [-0.25, -0.2) is 0 Å². The zero-order chi connectivity index (χ0) is 18.0. The number of nitrogens with one attached hydrogen (secondary N) is 1. The van der Waals surface area contributed by atoms with Crippen LogP contribution in [0.15, 0.2) is 53.4 Å². The van der Waals surface area contributed by atoms with Crippen molar-refractivity contribution in [3.05, 3.63) is 63.8 Å². The highest BCUT2D eigenvalue weighted by atomic mass is 32.1. The van der Waals surface area contributed by atoms with E-state index in [4.69, 9.17) is 0 Å². The van der Waals surface area contributed by atoms with Crippen LogP contribution in [0.3, 0.4) is 0 Å². The van der Waals surface area contributed by atoms with Crippen LogP contribution in [-0.4, -0.2) is 53.9 Å². The first-order chi connectivity index (χ1) is 12.0. The SMILES string of the molecule is C[NH+](C)CCN1C(=O)C(O)=C(C(=O)c2cccs2)[C@@H]1c1ccncc1. The van der Waals surface area contributed by atoms with Crippen molar-refractivity contribution in [3.63, 3.8) is 0 Å². The molecule has 6 nitrogen and oxygen atoms in total. The quantitative estimate of drug-likeness (QED) is 0.752. The number of aliphatic hydroxyl groups excluding tert-OH is 1. The maximum Gasteiger partial charge on any atom is 0.290 e. The number of carbonyl (C=O) groups excluding carboxylic acids is 2. The molecular formula is C18H20N3O3S+. The molecule has 3 heterocycles. The lowest BCUT2D eigenvalue weighted by Crippen LogP contribution is -3.06. The number of Topliss-reactive ketones (excluding diaryl/α,β-unsaturated/α-hetero) is 1. The molecule has 7 heteroatoms. The van der Waals surface area contributed by atoms with Crippen molar-refractivity contribution in [2.24, 2.45) is 0 Å². The smallest absolute Gasteiger partial charge is 0.290 e. The van der Waals surface area contributed by atoms with Crippen LogP contribution in [0.1, 0.15) is 21.3 Å². The van der Waals surface area contributed by atoms with Gasteiger partial charge in [0.2, 0.25) is 5.78 Å². The fourth-order valence-electron chi connectivity index (χ4n) is 2.89. The van der Waals surface area contributed by atoms with E-state index in [1.54, 1.807) is 46.9 Å². The number of nitrogens with zero attached hydrogens (tertiary/aromatic N) is 2. The molecule has 1 atom stereocenters. The summed E-state index contributed by atoms with van der Waals surface area (Å²) >= 11 is 1.30. The Balaban J connectivity index is 2.04. The van der Waals surface area contributed by atoms with Crippen LogP contribution in [0.5, 0.6) is 0 Å². The normalized spacial score (nSPS) is 17.6. The van der Waals surface area contributed by atoms with E-state index in [0.717, 1.165) is 5.56 Å². The van der Waals surface area contributed by atoms with Crippen molar-refractivity contribution in [2.45, 2.75) is 6.04 Å². The summed E-state index contributed by atoms with van der Waals surface area (Å²) in [7, 11) is 3.99. The van der Waals surface area contributed by atoms with Crippen molar-refractivity contribution in [1.82, 2.24) is 9.88 Å². The van der Waals surface area contributed by atoms with Crippen molar-refractivity contribution >= 4 is 23.0 Å². The molecule has 1 aliphatic heterocycles. The topological polar surface area (TPSA) is 74.9 Å². The van der Waals surface area contributed by atoms with Gasteiger partial charge in [-0.15, -0.1) is 11.3 Å². The zero-order valence-electron chi connectivity index (χ0n) is 14.1. The Morgan fingerprint density at radius 1 is 1.32 bits per heavy atom. The summed E-state index contributed by atoms with van der Waals surface area (Å²) in [5.41, 5.74) is 0.911. The minimum atomic E-state index is -0.593. The molecule has 3 rings (SSSR count).